The molecule has 20 heavy (non-hydrogen) atoms. The first-order valence-electron chi connectivity index (χ1n) is 7.07. The van der Waals surface area contributed by atoms with Crippen LogP contribution in [0.15, 0.2) is 24.3 Å². The summed E-state index contributed by atoms with van der Waals surface area (Å²) in [5.74, 6) is 0.850. The van der Waals surface area contributed by atoms with Crippen molar-refractivity contribution < 1.29 is 9.53 Å². The number of carbonyl (C=O) groups excluding carboxylic acids is 1. The second-order valence-corrected chi connectivity index (χ2v) is 5.75. The molecule has 1 rings (SSSR count). The predicted molar refractivity (Wildman–Crippen MR) is 82.2 cm³/mol. The van der Waals surface area contributed by atoms with Crippen molar-refractivity contribution in [3.63, 3.8) is 0 Å². The van der Waals surface area contributed by atoms with Gasteiger partial charge >= 0.3 is 6.03 Å². The Bertz CT molecular complexity index is 421. The highest BCUT2D eigenvalue weighted by atomic mass is 16.5. The summed E-state index contributed by atoms with van der Waals surface area (Å²) in [5, 5.41) is 2.97. The molecule has 0 aromatic heterocycles. The number of methoxy groups -OCH3 is 1. The van der Waals surface area contributed by atoms with Crippen molar-refractivity contribution in [2.45, 2.75) is 39.7 Å². The maximum absolute atomic E-state index is 12.1. The summed E-state index contributed by atoms with van der Waals surface area (Å²) in [6.45, 7) is 9.46. The second-order valence-electron chi connectivity index (χ2n) is 5.75. The Morgan fingerprint density at radius 2 is 1.85 bits per heavy atom. The van der Waals surface area contributed by atoms with Crippen LogP contribution in [0.25, 0.3) is 0 Å². The van der Waals surface area contributed by atoms with Gasteiger partial charge in [0, 0.05) is 18.6 Å². The van der Waals surface area contributed by atoms with Crippen molar-refractivity contribution in [1.29, 1.82) is 0 Å². The third-order valence-electron chi connectivity index (χ3n) is 3.22. The number of urea groups is 1. The molecule has 0 atom stereocenters. The first-order valence-corrected chi connectivity index (χ1v) is 7.07. The molecule has 112 valence electrons. The van der Waals surface area contributed by atoms with Crippen molar-refractivity contribution >= 4 is 6.03 Å². The van der Waals surface area contributed by atoms with E-state index in [-0.39, 0.29) is 11.6 Å². The molecule has 0 aliphatic heterocycles. The van der Waals surface area contributed by atoms with Crippen LogP contribution in [-0.2, 0) is 6.42 Å². The molecule has 0 saturated carbocycles. The number of hydrogen-bond donors (Lipinski definition) is 1. The molecular formula is C16H26N2O2. The molecule has 0 fully saturated rings. The molecule has 0 aliphatic carbocycles. The predicted octanol–water partition coefficient (Wildman–Crippen LogP) is 3.07. The fourth-order valence-electron chi connectivity index (χ4n) is 2.12. The largest absolute Gasteiger partial charge is 0.497 e. The van der Waals surface area contributed by atoms with Crippen LogP contribution in [0.5, 0.6) is 5.75 Å². The van der Waals surface area contributed by atoms with Gasteiger partial charge in [-0.25, -0.2) is 4.79 Å². The summed E-state index contributed by atoms with van der Waals surface area (Å²) in [5.41, 5.74) is 1.03. The second kappa shape index (κ2) is 7.17. The van der Waals surface area contributed by atoms with Crippen LogP contribution in [0.1, 0.15) is 33.3 Å². The summed E-state index contributed by atoms with van der Waals surface area (Å²) in [7, 11) is 1.65. The van der Waals surface area contributed by atoms with Crippen LogP contribution >= 0.6 is 0 Å². The van der Waals surface area contributed by atoms with E-state index in [2.05, 4.69) is 5.32 Å². The fourth-order valence-corrected chi connectivity index (χ4v) is 2.12. The smallest absolute Gasteiger partial charge is 0.317 e. The van der Waals surface area contributed by atoms with Gasteiger partial charge in [-0.15, -0.1) is 0 Å². The average Bonchev–Trinajstić information content (AvgIpc) is 2.38. The van der Waals surface area contributed by atoms with Crippen LogP contribution in [0, 0.1) is 0 Å². The van der Waals surface area contributed by atoms with Crippen LogP contribution in [0.4, 0.5) is 4.79 Å². The van der Waals surface area contributed by atoms with E-state index in [4.69, 9.17) is 4.74 Å². The third kappa shape index (κ3) is 4.76. The van der Waals surface area contributed by atoms with Crippen LogP contribution < -0.4 is 10.1 Å². The summed E-state index contributed by atoms with van der Waals surface area (Å²) in [4.78, 5) is 13.9. The molecule has 4 nitrogen and oxygen atoms in total. The molecule has 0 saturated heterocycles. The zero-order chi connectivity index (χ0) is 15.2. The lowest BCUT2D eigenvalue weighted by Crippen LogP contribution is -2.50. The molecule has 0 radical (unpaired) electrons. The number of nitrogens with zero attached hydrogens (tertiary/aromatic N) is 1. The average molecular weight is 278 g/mol. The highest BCUT2D eigenvalue weighted by Gasteiger charge is 2.24. The Hall–Kier alpha value is -1.71. The Morgan fingerprint density at radius 1 is 1.25 bits per heavy atom. The molecule has 2 amide bonds. The molecule has 1 aromatic rings. The topological polar surface area (TPSA) is 41.6 Å². The zero-order valence-corrected chi connectivity index (χ0v) is 13.2. The van der Waals surface area contributed by atoms with E-state index in [0.29, 0.717) is 13.1 Å². The van der Waals surface area contributed by atoms with E-state index < -0.39 is 0 Å². The van der Waals surface area contributed by atoms with E-state index in [9.17, 15) is 4.79 Å². The van der Waals surface area contributed by atoms with Crippen molar-refractivity contribution in [1.82, 2.24) is 10.2 Å². The lowest BCUT2D eigenvalue weighted by molar-refractivity contribution is 0.150. The summed E-state index contributed by atoms with van der Waals surface area (Å²) >= 11 is 0. The van der Waals surface area contributed by atoms with E-state index in [1.165, 1.54) is 5.56 Å². The minimum absolute atomic E-state index is 0.00601. The normalized spacial score (nSPS) is 11.1. The summed E-state index contributed by atoms with van der Waals surface area (Å²) in [6.07, 6.45) is 0.817. The van der Waals surface area contributed by atoms with Gasteiger partial charge in [0.2, 0.25) is 0 Å². The Kier molecular flexibility index (Phi) is 5.86. The standard InChI is InChI=1S/C16H26N2O2/c1-6-18(16(2,3)4)15(19)17-12-11-13-7-9-14(20-5)10-8-13/h7-10H,6,11-12H2,1-5H3,(H,17,19). The molecule has 0 bridgehead atoms. The molecule has 0 unspecified atom stereocenters. The number of carbonyl (C=O) groups is 1. The van der Waals surface area contributed by atoms with E-state index in [1.54, 1.807) is 7.11 Å². The molecule has 1 aromatic carbocycles. The molecule has 0 heterocycles. The van der Waals surface area contributed by atoms with Gasteiger partial charge in [-0.05, 0) is 51.8 Å². The molecule has 4 heteroatoms. The van der Waals surface area contributed by atoms with Crippen molar-refractivity contribution in [3.8, 4) is 5.75 Å². The van der Waals surface area contributed by atoms with Gasteiger partial charge in [-0.2, -0.15) is 0 Å². The quantitative estimate of drug-likeness (QED) is 0.899. The lowest BCUT2D eigenvalue weighted by Gasteiger charge is -2.34. The highest BCUT2D eigenvalue weighted by Crippen LogP contribution is 2.13. The molecule has 1 N–H and O–H groups in total. The summed E-state index contributed by atoms with van der Waals surface area (Å²) in [6, 6.07) is 7.90. The van der Waals surface area contributed by atoms with Gasteiger partial charge in [0.25, 0.3) is 0 Å². The number of nitrogens with one attached hydrogen (secondary N) is 1. The first kappa shape index (κ1) is 16.3. The molecule has 0 spiro atoms. The highest BCUT2D eigenvalue weighted by molar-refractivity contribution is 5.74. The Labute approximate surface area is 122 Å². The number of benzene rings is 1. The van der Waals surface area contributed by atoms with Crippen molar-refractivity contribution in [3.05, 3.63) is 29.8 Å². The first-order chi connectivity index (χ1) is 9.38. The Morgan fingerprint density at radius 3 is 2.30 bits per heavy atom. The maximum atomic E-state index is 12.1. The van der Waals surface area contributed by atoms with Gasteiger partial charge < -0.3 is 15.0 Å². The van der Waals surface area contributed by atoms with Crippen LogP contribution in [0.3, 0.4) is 0 Å². The van der Waals surface area contributed by atoms with E-state index in [1.807, 2.05) is 56.9 Å². The number of ether oxygens (including phenoxy) is 1. The summed E-state index contributed by atoms with van der Waals surface area (Å²) < 4.78 is 5.12. The monoisotopic (exact) mass is 278 g/mol. The van der Waals surface area contributed by atoms with Gasteiger partial charge in [-0.3, -0.25) is 0 Å². The maximum Gasteiger partial charge on any atom is 0.317 e. The van der Waals surface area contributed by atoms with Gasteiger partial charge in [0.15, 0.2) is 0 Å². The molecule has 0 aliphatic rings. The van der Waals surface area contributed by atoms with Crippen LogP contribution in [0.2, 0.25) is 0 Å². The van der Waals surface area contributed by atoms with Gasteiger partial charge in [-0.1, -0.05) is 12.1 Å². The third-order valence-corrected chi connectivity index (χ3v) is 3.22. The van der Waals surface area contributed by atoms with Gasteiger partial charge in [0.1, 0.15) is 5.75 Å². The van der Waals surface area contributed by atoms with Gasteiger partial charge in [0.05, 0.1) is 7.11 Å². The van der Waals surface area contributed by atoms with E-state index >= 15 is 0 Å². The SMILES string of the molecule is CCN(C(=O)NCCc1ccc(OC)cc1)C(C)(C)C. The molecular weight excluding hydrogens is 252 g/mol. The van der Waals surface area contributed by atoms with Crippen LogP contribution in [-0.4, -0.2) is 36.7 Å². The fraction of sp³-hybridized carbons (Fsp3) is 0.562. The zero-order valence-electron chi connectivity index (χ0n) is 13.2. The lowest BCUT2D eigenvalue weighted by atomic mass is 10.1. The minimum Gasteiger partial charge on any atom is -0.497 e. The number of rotatable bonds is 5. The van der Waals surface area contributed by atoms with Crippen molar-refractivity contribution in [2.75, 3.05) is 20.2 Å². The minimum atomic E-state index is -0.154. The van der Waals surface area contributed by atoms with Crippen molar-refractivity contribution in [2.24, 2.45) is 0 Å². The number of hydrogen-bond acceptors (Lipinski definition) is 2. The van der Waals surface area contributed by atoms with E-state index in [0.717, 1.165) is 12.2 Å². The Balaban J connectivity index is 2.44. The number of amides is 2.